The van der Waals surface area contributed by atoms with Gasteiger partial charge in [0, 0.05) is 12.5 Å². The van der Waals surface area contributed by atoms with E-state index in [9.17, 15) is 4.79 Å². The quantitative estimate of drug-likeness (QED) is 0.940. The van der Waals surface area contributed by atoms with Crippen molar-refractivity contribution in [2.45, 2.75) is 25.2 Å². The van der Waals surface area contributed by atoms with Crippen LogP contribution in [0.15, 0.2) is 24.3 Å². The zero-order valence-corrected chi connectivity index (χ0v) is 12.1. The van der Waals surface area contributed by atoms with Gasteiger partial charge in [0.1, 0.15) is 0 Å². The Balaban J connectivity index is 1.61. The average molecular weight is 290 g/mol. The van der Waals surface area contributed by atoms with Gasteiger partial charge in [-0.25, -0.2) is 4.98 Å². The van der Waals surface area contributed by atoms with Gasteiger partial charge in [-0.05, 0) is 38.1 Å². The highest BCUT2D eigenvalue weighted by atomic mass is 32.1. The molecule has 2 heterocycles. The van der Waals surface area contributed by atoms with Gasteiger partial charge < -0.3 is 10.0 Å². The van der Waals surface area contributed by atoms with Crippen LogP contribution in [0.4, 0.5) is 0 Å². The molecule has 5 heteroatoms. The van der Waals surface area contributed by atoms with Crippen molar-refractivity contribution in [3.8, 4) is 0 Å². The highest BCUT2D eigenvalue weighted by Gasteiger charge is 2.23. The molecule has 0 aliphatic carbocycles. The van der Waals surface area contributed by atoms with Crippen LogP contribution in [0.2, 0.25) is 0 Å². The molecule has 0 spiro atoms. The molecule has 0 bridgehead atoms. The smallest absolute Gasteiger partial charge is 0.304 e. The second-order valence-electron chi connectivity index (χ2n) is 5.28. The van der Waals surface area contributed by atoms with E-state index in [0.717, 1.165) is 31.4 Å². The van der Waals surface area contributed by atoms with Crippen LogP contribution in [-0.4, -0.2) is 40.6 Å². The first kappa shape index (κ1) is 13.5. The van der Waals surface area contributed by atoms with Gasteiger partial charge in [-0.1, -0.05) is 12.1 Å². The van der Waals surface area contributed by atoms with Crippen LogP contribution in [0.25, 0.3) is 10.2 Å². The molecular weight excluding hydrogens is 272 g/mol. The lowest BCUT2D eigenvalue weighted by atomic mass is 9.97. The monoisotopic (exact) mass is 290 g/mol. The van der Waals surface area contributed by atoms with Crippen LogP contribution in [0.3, 0.4) is 0 Å². The Morgan fingerprint density at radius 3 is 2.80 bits per heavy atom. The van der Waals surface area contributed by atoms with Gasteiger partial charge in [0.2, 0.25) is 0 Å². The third-order valence-corrected chi connectivity index (χ3v) is 5.09. The number of hydrogen-bond donors (Lipinski definition) is 1. The Kier molecular flexibility index (Phi) is 3.98. The minimum atomic E-state index is -0.710. The Bertz CT molecular complexity index is 570. The van der Waals surface area contributed by atoms with E-state index in [2.05, 4.69) is 23.1 Å². The summed E-state index contributed by atoms with van der Waals surface area (Å²) in [6.45, 7) is 2.63. The summed E-state index contributed by atoms with van der Waals surface area (Å²) in [5.74, 6) is -0.174. The molecule has 1 saturated heterocycles. The molecule has 0 saturated carbocycles. The fourth-order valence-electron chi connectivity index (χ4n) is 2.72. The van der Waals surface area contributed by atoms with E-state index in [0.29, 0.717) is 12.5 Å². The number of carbonyl (C=O) groups is 1. The number of para-hydroxylation sites is 1. The summed E-state index contributed by atoms with van der Waals surface area (Å²) in [5, 5.41) is 9.96. The maximum absolute atomic E-state index is 10.6. The number of hydrogen-bond acceptors (Lipinski definition) is 4. The van der Waals surface area contributed by atoms with E-state index < -0.39 is 5.97 Å². The molecule has 1 aromatic carbocycles. The van der Waals surface area contributed by atoms with E-state index in [1.165, 1.54) is 9.71 Å². The number of fused-ring (bicyclic) bond motifs is 1. The number of piperidine rings is 1. The molecule has 0 unspecified atom stereocenters. The minimum absolute atomic E-state index is 0.242. The number of carboxylic acid groups (broad SMARTS) is 1. The van der Waals surface area contributed by atoms with Crippen LogP contribution in [-0.2, 0) is 4.79 Å². The Hall–Kier alpha value is -1.46. The van der Waals surface area contributed by atoms with Crippen LogP contribution in [0.1, 0.15) is 30.2 Å². The molecule has 0 amide bonds. The molecule has 20 heavy (non-hydrogen) atoms. The molecule has 1 N–H and O–H groups in total. The van der Waals surface area contributed by atoms with Gasteiger partial charge in [0.05, 0.1) is 21.6 Å². The number of benzene rings is 1. The SMILES string of the molecule is O=C(O)CCN1CCC(c2nc3ccccc3s2)CC1. The number of carboxylic acids is 1. The lowest BCUT2D eigenvalue weighted by molar-refractivity contribution is -0.137. The van der Waals surface area contributed by atoms with Gasteiger partial charge in [0.15, 0.2) is 0 Å². The van der Waals surface area contributed by atoms with Crippen LogP contribution in [0, 0.1) is 0 Å². The third-order valence-electron chi connectivity index (χ3n) is 3.89. The second-order valence-corrected chi connectivity index (χ2v) is 6.34. The third kappa shape index (κ3) is 2.99. The van der Waals surface area contributed by atoms with Crippen molar-refractivity contribution in [2.24, 2.45) is 0 Å². The molecular formula is C15H18N2O2S. The maximum atomic E-state index is 10.6. The summed E-state index contributed by atoms with van der Waals surface area (Å²) < 4.78 is 1.26. The molecule has 1 aliphatic rings. The number of aromatic nitrogens is 1. The van der Waals surface area contributed by atoms with E-state index in [-0.39, 0.29) is 6.42 Å². The zero-order valence-electron chi connectivity index (χ0n) is 11.3. The first-order chi connectivity index (χ1) is 9.72. The molecule has 1 aliphatic heterocycles. The van der Waals surface area contributed by atoms with Gasteiger partial charge in [-0.3, -0.25) is 4.79 Å². The normalized spacial score (nSPS) is 17.6. The van der Waals surface area contributed by atoms with Crippen LogP contribution in [0.5, 0.6) is 0 Å². The number of rotatable bonds is 4. The highest BCUT2D eigenvalue weighted by Crippen LogP contribution is 2.33. The standard InChI is InChI=1S/C15H18N2O2S/c18-14(19)7-10-17-8-5-11(6-9-17)15-16-12-3-1-2-4-13(12)20-15/h1-4,11H,5-10H2,(H,18,19). The fourth-order valence-corrected chi connectivity index (χ4v) is 3.86. The average Bonchev–Trinajstić information content (AvgIpc) is 2.89. The molecule has 3 rings (SSSR count). The molecule has 4 nitrogen and oxygen atoms in total. The van der Waals surface area contributed by atoms with Crippen molar-refractivity contribution in [1.29, 1.82) is 0 Å². The predicted octanol–water partition coefficient (Wildman–Crippen LogP) is 2.95. The Morgan fingerprint density at radius 1 is 1.35 bits per heavy atom. The van der Waals surface area contributed by atoms with Crippen LogP contribution < -0.4 is 0 Å². The summed E-state index contributed by atoms with van der Waals surface area (Å²) in [4.78, 5) is 17.6. The molecule has 0 atom stereocenters. The van der Waals surface area contributed by atoms with Gasteiger partial charge in [-0.15, -0.1) is 11.3 Å². The summed E-state index contributed by atoms with van der Waals surface area (Å²) in [7, 11) is 0. The van der Waals surface area contributed by atoms with Gasteiger partial charge in [0.25, 0.3) is 0 Å². The molecule has 2 aromatic rings. The number of aliphatic carboxylic acids is 1. The topological polar surface area (TPSA) is 53.4 Å². The second kappa shape index (κ2) is 5.89. The summed E-state index contributed by atoms with van der Waals surface area (Å²) in [6.07, 6.45) is 2.41. The minimum Gasteiger partial charge on any atom is -0.481 e. The summed E-state index contributed by atoms with van der Waals surface area (Å²) >= 11 is 1.80. The van der Waals surface area contributed by atoms with Crippen molar-refractivity contribution >= 4 is 27.5 Å². The first-order valence-corrected chi connectivity index (χ1v) is 7.83. The van der Waals surface area contributed by atoms with Crippen molar-refractivity contribution in [2.75, 3.05) is 19.6 Å². The molecule has 1 aromatic heterocycles. The zero-order chi connectivity index (χ0) is 13.9. The number of likely N-dealkylation sites (tertiary alicyclic amines) is 1. The van der Waals surface area contributed by atoms with Crippen molar-refractivity contribution in [3.05, 3.63) is 29.3 Å². The maximum Gasteiger partial charge on any atom is 0.304 e. The Morgan fingerprint density at radius 2 is 2.10 bits per heavy atom. The predicted molar refractivity (Wildman–Crippen MR) is 80.3 cm³/mol. The first-order valence-electron chi connectivity index (χ1n) is 7.02. The largest absolute Gasteiger partial charge is 0.481 e. The lowest BCUT2D eigenvalue weighted by Crippen LogP contribution is -2.34. The van der Waals surface area contributed by atoms with Crippen molar-refractivity contribution in [3.63, 3.8) is 0 Å². The van der Waals surface area contributed by atoms with E-state index in [1.54, 1.807) is 11.3 Å². The molecule has 0 radical (unpaired) electrons. The summed E-state index contributed by atoms with van der Waals surface area (Å²) in [5.41, 5.74) is 1.10. The Labute approximate surface area is 122 Å². The highest BCUT2D eigenvalue weighted by molar-refractivity contribution is 7.18. The fraction of sp³-hybridized carbons (Fsp3) is 0.467. The lowest BCUT2D eigenvalue weighted by Gasteiger charge is -2.30. The molecule has 106 valence electrons. The van der Waals surface area contributed by atoms with Gasteiger partial charge >= 0.3 is 5.97 Å². The van der Waals surface area contributed by atoms with Crippen molar-refractivity contribution in [1.82, 2.24) is 9.88 Å². The van der Waals surface area contributed by atoms with Gasteiger partial charge in [-0.2, -0.15) is 0 Å². The van der Waals surface area contributed by atoms with E-state index in [4.69, 9.17) is 10.1 Å². The summed E-state index contributed by atoms with van der Waals surface area (Å²) in [6, 6.07) is 8.27. The van der Waals surface area contributed by atoms with Crippen molar-refractivity contribution < 1.29 is 9.90 Å². The van der Waals surface area contributed by atoms with Crippen LogP contribution >= 0.6 is 11.3 Å². The molecule has 1 fully saturated rings. The number of thiazole rings is 1. The van der Waals surface area contributed by atoms with E-state index >= 15 is 0 Å². The number of nitrogens with zero attached hydrogens (tertiary/aromatic N) is 2. The van der Waals surface area contributed by atoms with E-state index in [1.807, 2.05) is 6.07 Å².